The number of hydrogen-bond donors (Lipinski definition) is 0. The zero-order chi connectivity index (χ0) is 22.5. The van der Waals surface area contributed by atoms with Crippen molar-refractivity contribution in [3.63, 3.8) is 0 Å². The maximum absolute atomic E-state index is 11.2. The quantitative estimate of drug-likeness (QED) is 0.237. The molecule has 4 aromatic rings. The van der Waals surface area contributed by atoms with Gasteiger partial charge < -0.3 is 9.47 Å². The number of hydrogen-bond acceptors (Lipinski definition) is 5. The summed E-state index contributed by atoms with van der Waals surface area (Å²) in [4.78, 5) is 15.3. The number of fused-ring (bicyclic) bond motifs is 1. The number of benzene rings is 3. The molecule has 0 saturated carbocycles. The number of pyridine rings is 1. The number of nitro benzene ring substituents is 1. The molecule has 0 saturated heterocycles. The smallest absolute Gasteiger partial charge is 0.278 e. The van der Waals surface area contributed by atoms with Crippen LogP contribution in [0.2, 0.25) is 5.02 Å². The molecule has 6 nitrogen and oxygen atoms in total. The lowest BCUT2D eigenvalue weighted by molar-refractivity contribution is -0.383. The van der Waals surface area contributed by atoms with Crippen molar-refractivity contribution in [3.05, 3.63) is 105 Å². The van der Waals surface area contributed by atoms with Crippen LogP contribution >= 0.6 is 11.6 Å². The van der Waals surface area contributed by atoms with Crippen LogP contribution < -0.4 is 9.47 Å². The van der Waals surface area contributed by atoms with Crippen molar-refractivity contribution in [2.45, 2.75) is 6.61 Å². The lowest BCUT2D eigenvalue weighted by Crippen LogP contribution is -1.98. The molecule has 1 aromatic heterocycles. The molecule has 0 aliphatic heterocycles. The number of rotatable bonds is 7. The first-order chi connectivity index (χ1) is 15.5. The number of aromatic nitrogens is 1. The predicted molar refractivity (Wildman–Crippen MR) is 126 cm³/mol. The normalized spacial score (nSPS) is 11.1. The van der Waals surface area contributed by atoms with E-state index in [9.17, 15) is 10.1 Å². The first-order valence-electron chi connectivity index (χ1n) is 9.81. The van der Waals surface area contributed by atoms with Gasteiger partial charge in [-0.3, -0.25) is 10.1 Å². The second-order valence-corrected chi connectivity index (χ2v) is 7.37. The second-order valence-electron chi connectivity index (χ2n) is 6.96. The number of ether oxygens (including phenoxy) is 2. The SMILES string of the molecule is COc1cc(C=Cc2ccc3c([N+](=O)[O-])cccc3n2)ccc1OCc1ccccc1Cl. The summed E-state index contributed by atoms with van der Waals surface area (Å²) in [7, 11) is 1.59. The van der Waals surface area contributed by atoms with Crippen molar-refractivity contribution >= 4 is 40.3 Å². The van der Waals surface area contributed by atoms with Crippen LogP contribution in [0.3, 0.4) is 0 Å². The molecule has 32 heavy (non-hydrogen) atoms. The number of methoxy groups -OCH3 is 1. The number of non-ortho nitro benzene ring substituents is 1. The maximum atomic E-state index is 11.2. The predicted octanol–water partition coefficient (Wildman–Crippen LogP) is 6.55. The summed E-state index contributed by atoms with van der Waals surface area (Å²) in [5.41, 5.74) is 3.09. The Morgan fingerprint density at radius 1 is 1.00 bits per heavy atom. The average Bonchev–Trinajstić information content (AvgIpc) is 2.81. The van der Waals surface area contributed by atoms with Gasteiger partial charge in [-0.05, 0) is 48.0 Å². The van der Waals surface area contributed by atoms with Crippen LogP contribution in [0, 0.1) is 10.1 Å². The van der Waals surface area contributed by atoms with Crippen molar-refractivity contribution < 1.29 is 14.4 Å². The van der Waals surface area contributed by atoms with E-state index in [1.807, 2.05) is 54.6 Å². The highest BCUT2D eigenvalue weighted by Gasteiger charge is 2.11. The summed E-state index contributed by atoms with van der Waals surface area (Å²) in [5, 5.41) is 12.3. The van der Waals surface area contributed by atoms with Crippen LogP contribution in [0.25, 0.3) is 23.1 Å². The molecule has 0 N–H and O–H groups in total. The van der Waals surface area contributed by atoms with Gasteiger partial charge >= 0.3 is 0 Å². The van der Waals surface area contributed by atoms with Gasteiger partial charge in [0.25, 0.3) is 5.69 Å². The fourth-order valence-corrected chi connectivity index (χ4v) is 3.46. The van der Waals surface area contributed by atoms with Crippen LogP contribution in [0.15, 0.2) is 72.8 Å². The van der Waals surface area contributed by atoms with Gasteiger partial charge in [0.1, 0.15) is 6.61 Å². The van der Waals surface area contributed by atoms with Gasteiger partial charge in [-0.25, -0.2) is 4.98 Å². The van der Waals surface area contributed by atoms with E-state index in [0.717, 1.165) is 11.1 Å². The highest BCUT2D eigenvalue weighted by molar-refractivity contribution is 6.31. The summed E-state index contributed by atoms with van der Waals surface area (Å²) in [6.45, 7) is 0.332. The average molecular weight is 447 g/mol. The highest BCUT2D eigenvalue weighted by Crippen LogP contribution is 2.30. The number of nitro groups is 1. The third kappa shape index (κ3) is 4.71. The van der Waals surface area contributed by atoms with E-state index < -0.39 is 4.92 Å². The minimum Gasteiger partial charge on any atom is -0.493 e. The standard InChI is InChI=1S/C25H19ClN2O4/c1-31-25-15-17(10-14-24(25)32-16-18-5-2-3-6-21(18)26)9-11-19-12-13-20-22(27-19)7-4-8-23(20)28(29)30/h2-15H,16H2,1H3. The third-order valence-corrected chi connectivity index (χ3v) is 5.27. The molecular formula is C25H19ClN2O4. The minimum atomic E-state index is -0.402. The van der Waals surface area contributed by atoms with Crippen molar-refractivity contribution in [1.29, 1.82) is 0 Å². The summed E-state index contributed by atoms with van der Waals surface area (Å²) in [5.74, 6) is 1.21. The Morgan fingerprint density at radius 3 is 2.62 bits per heavy atom. The van der Waals surface area contributed by atoms with E-state index in [1.54, 1.807) is 31.4 Å². The molecule has 0 unspecified atom stereocenters. The van der Waals surface area contributed by atoms with Crippen LogP contribution in [-0.2, 0) is 6.61 Å². The molecular weight excluding hydrogens is 428 g/mol. The molecule has 3 aromatic carbocycles. The van der Waals surface area contributed by atoms with Gasteiger partial charge in [-0.15, -0.1) is 0 Å². The van der Waals surface area contributed by atoms with Crippen molar-refractivity contribution in [3.8, 4) is 11.5 Å². The topological polar surface area (TPSA) is 74.5 Å². The van der Waals surface area contributed by atoms with Gasteiger partial charge in [0, 0.05) is 16.7 Å². The van der Waals surface area contributed by atoms with Gasteiger partial charge in [0.05, 0.1) is 28.6 Å². The number of halogens is 1. The molecule has 0 radical (unpaired) electrons. The molecule has 160 valence electrons. The molecule has 1 heterocycles. The Balaban J connectivity index is 1.53. The van der Waals surface area contributed by atoms with E-state index in [-0.39, 0.29) is 5.69 Å². The molecule has 0 spiro atoms. The van der Waals surface area contributed by atoms with Crippen molar-refractivity contribution in [1.82, 2.24) is 4.98 Å². The summed E-state index contributed by atoms with van der Waals surface area (Å²) in [6.07, 6.45) is 3.74. The second kappa shape index (κ2) is 9.49. The molecule has 7 heteroatoms. The molecule has 0 bridgehead atoms. The van der Waals surface area contributed by atoms with Crippen LogP contribution in [-0.4, -0.2) is 17.0 Å². The first kappa shape index (κ1) is 21.3. The zero-order valence-electron chi connectivity index (χ0n) is 17.2. The monoisotopic (exact) mass is 446 g/mol. The van der Waals surface area contributed by atoms with Crippen LogP contribution in [0.5, 0.6) is 11.5 Å². The molecule has 4 rings (SSSR count). The van der Waals surface area contributed by atoms with Crippen LogP contribution in [0.1, 0.15) is 16.8 Å². The summed E-state index contributed by atoms with van der Waals surface area (Å²) >= 11 is 6.19. The van der Waals surface area contributed by atoms with Crippen molar-refractivity contribution in [2.24, 2.45) is 0 Å². The summed E-state index contributed by atoms with van der Waals surface area (Å²) < 4.78 is 11.4. The zero-order valence-corrected chi connectivity index (χ0v) is 18.0. The van der Waals surface area contributed by atoms with E-state index in [0.29, 0.717) is 39.7 Å². The Labute approximate surface area is 189 Å². The number of nitrogens with zero attached hydrogens (tertiary/aromatic N) is 2. The molecule has 0 aliphatic rings. The lowest BCUT2D eigenvalue weighted by Gasteiger charge is -2.12. The Hall–Kier alpha value is -3.90. The Kier molecular flexibility index (Phi) is 6.33. The third-order valence-electron chi connectivity index (χ3n) is 4.90. The minimum absolute atomic E-state index is 0.0441. The highest BCUT2D eigenvalue weighted by atomic mass is 35.5. The van der Waals surface area contributed by atoms with Crippen molar-refractivity contribution in [2.75, 3.05) is 7.11 Å². The van der Waals surface area contributed by atoms with Crippen LogP contribution in [0.4, 0.5) is 5.69 Å². The Morgan fingerprint density at radius 2 is 1.84 bits per heavy atom. The molecule has 0 amide bonds. The van der Waals surface area contributed by atoms with Gasteiger partial charge in [-0.2, -0.15) is 0 Å². The summed E-state index contributed by atoms with van der Waals surface area (Å²) in [6, 6.07) is 21.5. The molecule has 0 atom stereocenters. The maximum Gasteiger partial charge on any atom is 0.278 e. The fourth-order valence-electron chi connectivity index (χ4n) is 3.27. The lowest BCUT2D eigenvalue weighted by atomic mass is 10.1. The largest absolute Gasteiger partial charge is 0.493 e. The first-order valence-corrected chi connectivity index (χ1v) is 10.2. The van der Waals surface area contributed by atoms with E-state index in [1.165, 1.54) is 6.07 Å². The van der Waals surface area contributed by atoms with Gasteiger partial charge in [0.15, 0.2) is 11.5 Å². The van der Waals surface area contributed by atoms with E-state index in [2.05, 4.69) is 4.98 Å². The fraction of sp³-hybridized carbons (Fsp3) is 0.0800. The van der Waals surface area contributed by atoms with Gasteiger partial charge in [-0.1, -0.05) is 48.0 Å². The molecule has 0 aliphatic carbocycles. The van der Waals surface area contributed by atoms with E-state index >= 15 is 0 Å². The van der Waals surface area contributed by atoms with E-state index in [4.69, 9.17) is 21.1 Å². The Bertz CT molecular complexity index is 1320. The molecule has 0 fully saturated rings. The van der Waals surface area contributed by atoms with Gasteiger partial charge in [0.2, 0.25) is 0 Å².